The fourth-order valence-electron chi connectivity index (χ4n) is 8.25. The largest absolute Gasteiger partial charge is 0.469 e. The Labute approximate surface area is 172 Å². The quantitative estimate of drug-likeness (QED) is 0.623. The molecule has 1 saturated heterocycles. The van der Waals surface area contributed by atoms with Crippen molar-refractivity contribution in [2.75, 3.05) is 7.11 Å². The molecule has 4 aliphatic carbocycles. The number of ether oxygens (including phenoxy) is 2. The second kappa shape index (κ2) is 6.18. The van der Waals surface area contributed by atoms with Crippen molar-refractivity contribution in [1.29, 1.82) is 0 Å². The van der Waals surface area contributed by atoms with E-state index in [-0.39, 0.29) is 46.0 Å². The molecule has 1 heterocycles. The van der Waals surface area contributed by atoms with Gasteiger partial charge in [-0.2, -0.15) is 0 Å². The number of carbonyl (C=O) groups is 3. The van der Waals surface area contributed by atoms with E-state index in [0.717, 1.165) is 44.1 Å². The van der Waals surface area contributed by atoms with Crippen LogP contribution in [0.2, 0.25) is 0 Å². The summed E-state index contributed by atoms with van der Waals surface area (Å²) in [5, 5.41) is 0. The summed E-state index contributed by atoms with van der Waals surface area (Å²) in [6, 6.07) is 0. The number of allylic oxidation sites excluding steroid dienone is 1. The first-order valence-corrected chi connectivity index (χ1v) is 11.3. The molecule has 0 aromatic carbocycles. The summed E-state index contributed by atoms with van der Waals surface area (Å²) in [6.45, 7) is 4.63. The Kier molecular flexibility index (Phi) is 4.12. The fourth-order valence-corrected chi connectivity index (χ4v) is 8.25. The van der Waals surface area contributed by atoms with E-state index in [9.17, 15) is 14.4 Å². The summed E-state index contributed by atoms with van der Waals surface area (Å²) in [7, 11) is 1.47. The van der Waals surface area contributed by atoms with Gasteiger partial charge in [0.25, 0.3) is 0 Å². The highest BCUT2D eigenvalue weighted by atomic mass is 16.6. The fraction of sp³-hybridized carbons (Fsp3) is 0.792. The van der Waals surface area contributed by atoms with Crippen LogP contribution in [0, 0.1) is 34.5 Å². The van der Waals surface area contributed by atoms with Crippen LogP contribution in [-0.4, -0.2) is 30.4 Å². The number of carbonyl (C=O) groups excluding carboxylic acids is 3. The average molecular weight is 401 g/mol. The Morgan fingerprint density at radius 2 is 1.83 bits per heavy atom. The van der Waals surface area contributed by atoms with Crippen molar-refractivity contribution < 1.29 is 23.9 Å². The Morgan fingerprint density at radius 1 is 1.07 bits per heavy atom. The minimum absolute atomic E-state index is 0.00741. The molecule has 5 aliphatic rings. The predicted octanol–water partition coefficient (Wildman–Crippen LogP) is 3.99. The van der Waals surface area contributed by atoms with Gasteiger partial charge in [-0.1, -0.05) is 19.4 Å². The van der Waals surface area contributed by atoms with Crippen molar-refractivity contribution in [2.45, 2.75) is 77.2 Å². The second-order valence-corrected chi connectivity index (χ2v) is 10.6. The van der Waals surface area contributed by atoms with Crippen LogP contribution >= 0.6 is 0 Å². The van der Waals surface area contributed by atoms with E-state index in [1.54, 1.807) is 0 Å². The highest BCUT2D eigenvalue weighted by Gasteiger charge is 2.69. The normalized spacial score (nSPS) is 48.4. The number of fused-ring (bicyclic) bond motifs is 6. The SMILES string of the molecule is COC(=O)C1CC2=CC(=O)CC[C@]2(C)C2CC[C@@]3(C)C(CC[C@@]34CCC(=O)O4)[C@H]12. The van der Waals surface area contributed by atoms with Gasteiger partial charge in [0.05, 0.1) is 13.0 Å². The lowest BCUT2D eigenvalue weighted by atomic mass is 9.44. The van der Waals surface area contributed by atoms with Crippen molar-refractivity contribution in [1.82, 2.24) is 0 Å². The van der Waals surface area contributed by atoms with Gasteiger partial charge in [-0.05, 0) is 74.2 Å². The number of rotatable bonds is 1. The molecule has 7 atom stereocenters. The minimum Gasteiger partial charge on any atom is -0.469 e. The van der Waals surface area contributed by atoms with Crippen LogP contribution in [0.3, 0.4) is 0 Å². The third kappa shape index (κ3) is 2.42. The van der Waals surface area contributed by atoms with Gasteiger partial charge in [0, 0.05) is 18.3 Å². The molecule has 0 amide bonds. The van der Waals surface area contributed by atoms with Crippen molar-refractivity contribution in [3.8, 4) is 0 Å². The molecule has 3 saturated carbocycles. The van der Waals surface area contributed by atoms with Crippen molar-refractivity contribution in [3.63, 3.8) is 0 Å². The van der Waals surface area contributed by atoms with E-state index in [2.05, 4.69) is 13.8 Å². The molecule has 3 unspecified atom stereocenters. The standard InChI is InChI=1S/C24H32O5/c1-22-8-4-15(25)12-14(22)13-16(21(27)28-3)20-17(22)5-9-23(2)18(20)6-10-24(23)11-7-19(26)29-24/h12,16-18,20H,4-11,13H2,1-3H3/t16?,17?,18?,20-,22+,23+,24-/m1/s1. The molecule has 0 aromatic heterocycles. The minimum atomic E-state index is -0.347. The molecule has 1 aliphatic heterocycles. The predicted molar refractivity (Wildman–Crippen MR) is 106 cm³/mol. The molecule has 5 heteroatoms. The van der Waals surface area contributed by atoms with E-state index in [4.69, 9.17) is 9.47 Å². The zero-order valence-corrected chi connectivity index (χ0v) is 17.8. The summed E-state index contributed by atoms with van der Waals surface area (Å²) in [6.07, 6.45) is 9.25. The molecule has 4 fully saturated rings. The maximum absolute atomic E-state index is 12.9. The van der Waals surface area contributed by atoms with Gasteiger partial charge in [-0.15, -0.1) is 0 Å². The summed E-state index contributed by atoms with van der Waals surface area (Å²) in [5.74, 6) is 0.747. The zero-order chi connectivity index (χ0) is 20.6. The highest BCUT2D eigenvalue weighted by molar-refractivity contribution is 5.92. The van der Waals surface area contributed by atoms with Crippen LogP contribution in [-0.2, 0) is 23.9 Å². The molecule has 5 nitrogen and oxygen atoms in total. The van der Waals surface area contributed by atoms with Gasteiger partial charge in [0.2, 0.25) is 0 Å². The van der Waals surface area contributed by atoms with Gasteiger partial charge >= 0.3 is 11.9 Å². The summed E-state index contributed by atoms with van der Waals surface area (Å²) >= 11 is 0. The maximum atomic E-state index is 12.9. The van der Waals surface area contributed by atoms with Crippen LogP contribution < -0.4 is 0 Å². The molecule has 0 N–H and O–H groups in total. The lowest BCUT2D eigenvalue weighted by Crippen LogP contribution is -2.58. The number of methoxy groups -OCH3 is 1. The summed E-state index contributed by atoms with van der Waals surface area (Å²) in [4.78, 5) is 37.1. The molecule has 29 heavy (non-hydrogen) atoms. The van der Waals surface area contributed by atoms with Crippen LogP contribution in [0.4, 0.5) is 0 Å². The molecule has 1 spiro atoms. The maximum Gasteiger partial charge on any atom is 0.309 e. The van der Waals surface area contributed by atoms with Crippen molar-refractivity contribution in [3.05, 3.63) is 11.6 Å². The molecular formula is C24H32O5. The van der Waals surface area contributed by atoms with Gasteiger partial charge in [-0.3, -0.25) is 14.4 Å². The molecule has 5 rings (SSSR count). The highest BCUT2D eigenvalue weighted by Crippen LogP contribution is 2.70. The Balaban J connectivity index is 1.58. The third-order valence-electron chi connectivity index (χ3n) is 9.85. The van der Waals surface area contributed by atoms with Crippen LogP contribution in [0.15, 0.2) is 11.6 Å². The Morgan fingerprint density at radius 3 is 2.52 bits per heavy atom. The van der Waals surface area contributed by atoms with E-state index >= 15 is 0 Å². The lowest BCUT2D eigenvalue weighted by Gasteiger charge is -2.60. The monoisotopic (exact) mass is 400 g/mol. The van der Waals surface area contributed by atoms with Crippen molar-refractivity contribution >= 4 is 17.7 Å². The van der Waals surface area contributed by atoms with Crippen molar-refractivity contribution in [2.24, 2.45) is 34.5 Å². The number of hydrogen-bond acceptors (Lipinski definition) is 5. The first-order valence-electron chi connectivity index (χ1n) is 11.3. The van der Waals surface area contributed by atoms with E-state index in [1.807, 2.05) is 6.08 Å². The van der Waals surface area contributed by atoms with Crippen LogP contribution in [0.5, 0.6) is 0 Å². The van der Waals surface area contributed by atoms with Crippen LogP contribution in [0.1, 0.15) is 71.6 Å². The van der Waals surface area contributed by atoms with Gasteiger partial charge < -0.3 is 9.47 Å². The first kappa shape index (κ1) is 19.3. The topological polar surface area (TPSA) is 69.7 Å². The summed E-state index contributed by atoms with van der Waals surface area (Å²) in [5.41, 5.74) is 0.732. The lowest BCUT2D eigenvalue weighted by molar-refractivity contribution is -0.177. The number of ketones is 1. The van der Waals surface area contributed by atoms with Gasteiger partial charge in [0.1, 0.15) is 5.60 Å². The van der Waals surface area contributed by atoms with Gasteiger partial charge in [0.15, 0.2) is 5.78 Å². The van der Waals surface area contributed by atoms with E-state index in [0.29, 0.717) is 31.1 Å². The third-order valence-corrected chi connectivity index (χ3v) is 9.85. The summed E-state index contributed by atoms with van der Waals surface area (Å²) < 4.78 is 11.3. The number of esters is 2. The molecule has 0 bridgehead atoms. The smallest absolute Gasteiger partial charge is 0.309 e. The molecular weight excluding hydrogens is 368 g/mol. The molecule has 0 aromatic rings. The molecule has 0 radical (unpaired) electrons. The van der Waals surface area contributed by atoms with Gasteiger partial charge in [-0.25, -0.2) is 0 Å². The molecule has 158 valence electrons. The number of hydrogen-bond donors (Lipinski definition) is 0. The average Bonchev–Trinajstić information content (AvgIpc) is 3.22. The van der Waals surface area contributed by atoms with E-state index < -0.39 is 0 Å². The Hall–Kier alpha value is -1.65. The van der Waals surface area contributed by atoms with Crippen LogP contribution in [0.25, 0.3) is 0 Å². The first-order chi connectivity index (χ1) is 13.7. The van der Waals surface area contributed by atoms with E-state index in [1.165, 1.54) is 7.11 Å². The zero-order valence-electron chi connectivity index (χ0n) is 17.8. The second-order valence-electron chi connectivity index (χ2n) is 10.6. The Bertz CT molecular complexity index is 814.